The summed E-state index contributed by atoms with van der Waals surface area (Å²) in [4.78, 5) is 2.55. The number of hydrogen-bond acceptors (Lipinski definition) is 3. The molecule has 1 N–H and O–H groups in total. The second-order valence-corrected chi connectivity index (χ2v) is 8.42. The van der Waals surface area contributed by atoms with Crippen molar-refractivity contribution in [3.63, 3.8) is 0 Å². The van der Waals surface area contributed by atoms with Crippen molar-refractivity contribution in [3.05, 3.63) is 101 Å². The number of halogens is 3. The van der Waals surface area contributed by atoms with Gasteiger partial charge in [-0.1, -0.05) is 66.2 Å². The minimum atomic E-state index is 0. The summed E-state index contributed by atoms with van der Waals surface area (Å²) in [6.07, 6.45) is 2.39. The van der Waals surface area contributed by atoms with Crippen molar-refractivity contribution >= 4 is 36.4 Å². The van der Waals surface area contributed by atoms with Crippen LogP contribution in [-0.4, -0.2) is 24.0 Å². The molecule has 0 unspecified atom stereocenters. The highest BCUT2D eigenvalue weighted by Gasteiger charge is 2.18. The zero-order valence-electron chi connectivity index (χ0n) is 18.1. The average molecular weight is 494 g/mol. The minimum Gasteiger partial charge on any atom is -0.489 e. The Morgan fingerprint density at radius 1 is 0.812 bits per heavy atom. The Labute approximate surface area is 208 Å². The SMILES string of the molecule is Cl.Cl.Clc1ccc(COc2cccc(CNC3CCN(Cc4ccccc4)CC3)c2)cc1. The van der Waals surface area contributed by atoms with E-state index in [1.165, 1.54) is 24.0 Å². The Hall–Kier alpha value is -1.75. The van der Waals surface area contributed by atoms with Crippen LogP contribution in [0.2, 0.25) is 5.02 Å². The average Bonchev–Trinajstić information content (AvgIpc) is 2.79. The van der Waals surface area contributed by atoms with E-state index in [0.717, 1.165) is 42.5 Å². The fraction of sp³-hybridized carbons (Fsp3) is 0.308. The largest absolute Gasteiger partial charge is 0.489 e. The van der Waals surface area contributed by atoms with Crippen LogP contribution in [0.4, 0.5) is 0 Å². The molecule has 172 valence electrons. The molecule has 3 nitrogen and oxygen atoms in total. The smallest absolute Gasteiger partial charge is 0.120 e. The molecule has 0 radical (unpaired) electrons. The molecule has 6 heteroatoms. The van der Waals surface area contributed by atoms with Crippen LogP contribution in [0.1, 0.15) is 29.5 Å². The van der Waals surface area contributed by atoms with E-state index in [1.807, 2.05) is 30.3 Å². The molecular formula is C26H31Cl3N2O. The van der Waals surface area contributed by atoms with E-state index in [9.17, 15) is 0 Å². The van der Waals surface area contributed by atoms with Crippen LogP contribution in [-0.2, 0) is 19.7 Å². The predicted octanol–water partition coefficient (Wildman–Crippen LogP) is 6.52. The number of rotatable bonds is 8. The molecule has 0 amide bonds. The zero-order valence-corrected chi connectivity index (χ0v) is 20.5. The van der Waals surface area contributed by atoms with E-state index >= 15 is 0 Å². The Balaban J connectivity index is 0.00000181. The summed E-state index contributed by atoms with van der Waals surface area (Å²) in [6.45, 7) is 4.78. The molecule has 4 rings (SSSR count). The maximum absolute atomic E-state index is 5.96. The Bertz CT molecular complexity index is 914. The first-order valence-corrected chi connectivity index (χ1v) is 11.1. The molecule has 1 aliphatic heterocycles. The van der Waals surface area contributed by atoms with E-state index in [1.54, 1.807) is 0 Å². The van der Waals surface area contributed by atoms with Crippen LogP contribution in [0.5, 0.6) is 5.75 Å². The third-order valence-electron chi connectivity index (χ3n) is 5.65. The van der Waals surface area contributed by atoms with Gasteiger partial charge in [0.05, 0.1) is 0 Å². The number of likely N-dealkylation sites (tertiary alicyclic amines) is 1. The fourth-order valence-corrected chi connectivity index (χ4v) is 4.02. The van der Waals surface area contributed by atoms with Crippen LogP contribution in [0.3, 0.4) is 0 Å². The molecule has 0 saturated carbocycles. The monoisotopic (exact) mass is 492 g/mol. The summed E-state index contributed by atoms with van der Waals surface area (Å²) < 4.78 is 5.96. The molecule has 0 aliphatic carbocycles. The highest BCUT2D eigenvalue weighted by molar-refractivity contribution is 6.30. The molecule has 3 aromatic rings. The maximum Gasteiger partial charge on any atom is 0.120 e. The van der Waals surface area contributed by atoms with Crippen LogP contribution in [0, 0.1) is 0 Å². The number of benzene rings is 3. The van der Waals surface area contributed by atoms with Gasteiger partial charge in [-0.25, -0.2) is 0 Å². The van der Waals surface area contributed by atoms with Gasteiger partial charge in [-0.15, -0.1) is 24.8 Å². The maximum atomic E-state index is 5.96. The van der Waals surface area contributed by atoms with E-state index in [4.69, 9.17) is 16.3 Å². The number of ether oxygens (including phenoxy) is 1. The molecule has 0 bridgehead atoms. The van der Waals surface area contributed by atoms with Crippen LogP contribution in [0.25, 0.3) is 0 Å². The first kappa shape index (κ1) is 26.5. The summed E-state index contributed by atoms with van der Waals surface area (Å²) in [5.41, 5.74) is 3.78. The van der Waals surface area contributed by atoms with Crippen molar-refractivity contribution in [2.45, 2.75) is 38.6 Å². The van der Waals surface area contributed by atoms with Crippen LogP contribution < -0.4 is 10.1 Å². The highest BCUT2D eigenvalue weighted by Crippen LogP contribution is 2.18. The quantitative estimate of drug-likeness (QED) is 0.387. The standard InChI is InChI=1S/C26H29ClN2O.2ClH/c27-24-11-9-22(10-12-24)20-30-26-8-4-7-23(17-26)18-28-25-13-15-29(16-14-25)19-21-5-2-1-3-6-21;;/h1-12,17,25,28H,13-16,18-20H2;2*1H. The molecule has 0 spiro atoms. The van der Waals surface area contributed by atoms with Crippen molar-refractivity contribution in [2.24, 2.45) is 0 Å². The first-order chi connectivity index (χ1) is 14.7. The first-order valence-electron chi connectivity index (χ1n) is 10.7. The molecule has 32 heavy (non-hydrogen) atoms. The zero-order chi connectivity index (χ0) is 20.6. The topological polar surface area (TPSA) is 24.5 Å². The van der Waals surface area contributed by atoms with Crippen molar-refractivity contribution in [2.75, 3.05) is 13.1 Å². The summed E-state index contributed by atoms with van der Waals surface area (Å²) in [5.74, 6) is 0.905. The van der Waals surface area contributed by atoms with E-state index in [2.05, 4.69) is 58.7 Å². The second-order valence-electron chi connectivity index (χ2n) is 7.98. The van der Waals surface area contributed by atoms with Gasteiger partial charge in [0.25, 0.3) is 0 Å². The van der Waals surface area contributed by atoms with Gasteiger partial charge in [-0.2, -0.15) is 0 Å². The van der Waals surface area contributed by atoms with Gasteiger partial charge >= 0.3 is 0 Å². The Morgan fingerprint density at radius 2 is 1.50 bits per heavy atom. The predicted molar refractivity (Wildman–Crippen MR) is 138 cm³/mol. The lowest BCUT2D eigenvalue weighted by molar-refractivity contribution is 0.190. The summed E-state index contributed by atoms with van der Waals surface area (Å²) >= 11 is 5.94. The van der Waals surface area contributed by atoms with Crippen LogP contribution >= 0.6 is 36.4 Å². The van der Waals surface area contributed by atoms with E-state index < -0.39 is 0 Å². The molecule has 0 atom stereocenters. The van der Waals surface area contributed by atoms with Gasteiger partial charge in [-0.3, -0.25) is 4.90 Å². The van der Waals surface area contributed by atoms with Crippen molar-refractivity contribution in [3.8, 4) is 5.75 Å². The molecule has 3 aromatic carbocycles. The molecular weight excluding hydrogens is 463 g/mol. The van der Waals surface area contributed by atoms with Crippen molar-refractivity contribution in [1.82, 2.24) is 10.2 Å². The van der Waals surface area contributed by atoms with Gasteiger partial charge in [0.15, 0.2) is 0 Å². The van der Waals surface area contributed by atoms with Crippen molar-refractivity contribution in [1.29, 1.82) is 0 Å². The fourth-order valence-electron chi connectivity index (χ4n) is 3.89. The minimum absolute atomic E-state index is 0. The van der Waals surface area contributed by atoms with Gasteiger partial charge in [0, 0.05) is 24.2 Å². The lowest BCUT2D eigenvalue weighted by Gasteiger charge is -2.32. The third-order valence-corrected chi connectivity index (χ3v) is 5.90. The van der Waals surface area contributed by atoms with Crippen LogP contribution in [0.15, 0.2) is 78.9 Å². The van der Waals surface area contributed by atoms with Gasteiger partial charge < -0.3 is 10.1 Å². The molecule has 0 aromatic heterocycles. The Morgan fingerprint density at radius 3 is 2.22 bits per heavy atom. The van der Waals surface area contributed by atoms with Crippen molar-refractivity contribution < 1.29 is 4.74 Å². The molecule has 1 aliphatic rings. The summed E-state index contributed by atoms with van der Waals surface area (Å²) in [5, 5.41) is 4.48. The second kappa shape index (κ2) is 13.7. The van der Waals surface area contributed by atoms with E-state index in [0.29, 0.717) is 12.6 Å². The van der Waals surface area contributed by atoms with Gasteiger partial charge in [0.1, 0.15) is 12.4 Å². The van der Waals surface area contributed by atoms with Gasteiger partial charge in [-0.05, 0) is 66.9 Å². The number of hydrogen-bond donors (Lipinski definition) is 1. The summed E-state index contributed by atoms with van der Waals surface area (Å²) in [7, 11) is 0. The lowest BCUT2D eigenvalue weighted by atomic mass is 10.0. The number of piperidine rings is 1. The third kappa shape index (κ3) is 8.31. The Kier molecular flexibility index (Phi) is 11.4. The van der Waals surface area contributed by atoms with E-state index in [-0.39, 0.29) is 24.8 Å². The molecule has 1 saturated heterocycles. The number of nitrogens with one attached hydrogen (secondary N) is 1. The normalized spacial score (nSPS) is 14.3. The van der Waals surface area contributed by atoms with Gasteiger partial charge in [0.2, 0.25) is 0 Å². The molecule has 1 fully saturated rings. The summed E-state index contributed by atoms with van der Waals surface area (Å²) in [6, 6.07) is 27.5. The number of nitrogens with zero attached hydrogens (tertiary/aromatic N) is 1. The molecule has 1 heterocycles. The highest BCUT2D eigenvalue weighted by atomic mass is 35.5. The lowest BCUT2D eigenvalue weighted by Crippen LogP contribution is -2.41.